The first-order chi connectivity index (χ1) is 13.2. The van der Waals surface area contributed by atoms with Crippen LogP contribution in [0.5, 0.6) is 5.75 Å². The van der Waals surface area contributed by atoms with Crippen molar-refractivity contribution in [3.8, 4) is 17.0 Å². The minimum Gasteiger partial charge on any atom is -0.497 e. The molecule has 1 aromatic carbocycles. The number of pyridine rings is 1. The largest absolute Gasteiger partial charge is 0.497 e. The van der Waals surface area contributed by atoms with Gasteiger partial charge in [-0.15, -0.1) is 0 Å². The molecule has 0 spiro atoms. The smallest absolute Gasteiger partial charge is 0.225 e. The molecule has 7 nitrogen and oxygen atoms in total. The van der Waals surface area contributed by atoms with Gasteiger partial charge in [0.1, 0.15) is 11.6 Å². The summed E-state index contributed by atoms with van der Waals surface area (Å²) in [7, 11) is 1.65. The molecule has 2 heterocycles. The van der Waals surface area contributed by atoms with E-state index in [1.165, 1.54) is 0 Å². The van der Waals surface area contributed by atoms with Gasteiger partial charge in [0, 0.05) is 36.6 Å². The Labute approximate surface area is 158 Å². The number of methoxy groups -OCH3 is 1. The van der Waals surface area contributed by atoms with Crippen molar-refractivity contribution < 1.29 is 9.84 Å². The fourth-order valence-corrected chi connectivity index (χ4v) is 2.51. The standard InChI is InChI=1S/C20H23N5O2/c1-14(13-26)23-20-24-18(16-6-8-21-9-7-16)11-19(25-20)22-12-15-4-3-5-17(10-15)27-2/h3-11,14,26H,12-13H2,1-2H3,(H2,22,23,24,25)/t14-/m0/s1. The Morgan fingerprint density at radius 2 is 1.93 bits per heavy atom. The van der Waals surface area contributed by atoms with Crippen molar-refractivity contribution in [2.24, 2.45) is 0 Å². The van der Waals surface area contributed by atoms with E-state index in [2.05, 4.69) is 25.6 Å². The summed E-state index contributed by atoms with van der Waals surface area (Å²) in [4.78, 5) is 13.1. The summed E-state index contributed by atoms with van der Waals surface area (Å²) in [5, 5.41) is 15.7. The highest BCUT2D eigenvalue weighted by Gasteiger charge is 2.09. The Kier molecular flexibility index (Phi) is 6.17. The highest BCUT2D eigenvalue weighted by Crippen LogP contribution is 2.22. The van der Waals surface area contributed by atoms with Gasteiger partial charge in [-0.2, -0.15) is 4.98 Å². The van der Waals surface area contributed by atoms with E-state index in [-0.39, 0.29) is 12.6 Å². The van der Waals surface area contributed by atoms with Crippen molar-refractivity contribution in [1.82, 2.24) is 15.0 Å². The van der Waals surface area contributed by atoms with Crippen LogP contribution in [0.25, 0.3) is 11.3 Å². The number of nitrogens with zero attached hydrogens (tertiary/aromatic N) is 3. The Bertz CT molecular complexity index is 873. The fourth-order valence-electron chi connectivity index (χ4n) is 2.51. The van der Waals surface area contributed by atoms with Crippen LogP contribution in [0.2, 0.25) is 0 Å². The fraction of sp³-hybridized carbons (Fsp3) is 0.250. The van der Waals surface area contributed by atoms with E-state index in [0.717, 1.165) is 22.6 Å². The summed E-state index contributed by atoms with van der Waals surface area (Å²) in [6, 6.07) is 13.4. The predicted octanol–water partition coefficient (Wildman–Crippen LogP) is 2.95. The molecule has 0 aliphatic rings. The zero-order chi connectivity index (χ0) is 19.1. The molecule has 3 N–H and O–H groups in total. The first kappa shape index (κ1) is 18.6. The Morgan fingerprint density at radius 1 is 1.11 bits per heavy atom. The number of hydrogen-bond donors (Lipinski definition) is 3. The third-order valence-electron chi connectivity index (χ3n) is 3.96. The van der Waals surface area contributed by atoms with Crippen molar-refractivity contribution in [3.05, 3.63) is 60.4 Å². The maximum Gasteiger partial charge on any atom is 0.225 e. The van der Waals surface area contributed by atoms with Crippen LogP contribution in [0, 0.1) is 0 Å². The average molecular weight is 365 g/mol. The van der Waals surface area contributed by atoms with Gasteiger partial charge in [0.2, 0.25) is 5.95 Å². The van der Waals surface area contributed by atoms with Crippen molar-refractivity contribution in [3.63, 3.8) is 0 Å². The number of benzene rings is 1. The molecule has 1 atom stereocenters. The first-order valence-corrected chi connectivity index (χ1v) is 8.71. The summed E-state index contributed by atoms with van der Waals surface area (Å²) in [5.74, 6) is 1.96. The quantitative estimate of drug-likeness (QED) is 0.565. The normalized spacial score (nSPS) is 11.7. The molecular weight excluding hydrogens is 342 g/mol. The molecule has 27 heavy (non-hydrogen) atoms. The van der Waals surface area contributed by atoms with Gasteiger partial charge >= 0.3 is 0 Å². The summed E-state index contributed by atoms with van der Waals surface area (Å²) in [6.07, 6.45) is 3.45. The van der Waals surface area contributed by atoms with Gasteiger partial charge in [0.25, 0.3) is 0 Å². The summed E-state index contributed by atoms with van der Waals surface area (Å²) >= 11 is 0. The lowest BCUT2D eigenvalue weighted by molar-refractivity contribution is 0.281. The highest BCUT2D eigenvalue weighted by molar-refractivity contribution is 5.64. The molecule has 0 aliphatic carbocycles. The lowest BCUT2D eigenvalue weighted by atomic mass is 10.2. The molecule has 3 rings (SSSR count). The first-order valence-electron chi connectivity index (χ1n) is 8.71. The molecule has 0 unspecified atom stereocenters. The van der Waals surface area contributed by atoms with E-state index in [0.29, 0.717) is 18.3 Å². The second-order valence-corrected chi connectivity index (χ2v) is 6.13. The van der Waals surface area contributed by atoms with Crippen LogP contribution in [0.4, 0.5) is 11.8 Å². The minimum absolute atomic E-state index is 0.00455. The van der Waals surface area contributed by atoms with Crippen molar-refractivity contribution in [2.45, 2.75) is 19.5 Å². The Balaban J connectivity index is 1.85. The molecule has 140 valence electrons. The number of aliphatic hydroxyl groups is 1. The number of hydrogen-bond acceptors (Lipinski definition) is 7. The van der Waals surface area contributed by atoms with E-state index in [1.807, 2.05) is 49.4 Å². The maximum atomic E-state index is 9.30. The molecule has 3 aromatic rings. The van der Waals surface area contributed by atoms with E-state index >= 15 is 0 Å². The summed E-state index contributed by atoms with van der Waals surface area (Å²) in [6.45, 7) is 2.46. The molecule has 0 aliphatic heterocycles. The van der Waals surface area contributed by atoms with Crippen LogP contribution in [-0.2, 0) is 6.54 Å². The number of aliphatic hydroxyl groups excluding tert-OH is 1. The van der Waals surface area contributed by atoms with Crippen LogP contribution in [0.15, 0.2) is 54.9 Å². The predicted molar refractivity (Wildman–Crippen MR) is 106 cm³/mol. The lowest BCUT2D eigenvalue weighted by Gasteiger charge is -2.14. The molecular formula is C20H23N5O2. The van der Waals surface area contributed by atoms with E-state index < -0.39 is 0 Å². The zero-order valence-corrected chi connectivity index (χ0v) is 15.4. The van der Waals surface area contributed by atoms with Crippen LogP contribution >= 0.6 is 0 Å². The Hall–Kier alpha value is -3.19. The van der Waals surface area contributed by atoms with Gasteiger partial charge in [-0.05, 0) is 36.8 Å². The van der Waals surface area contributed by atoms with Gasteiger partial charge in [-0.3, -0.25) is 4.98 Å². The zero-order valence-electron chi connectivity index (χ0n) is 15.4. The van der Waals surface area contributed by atoms with Gasteiger partial charge in [-0.25, -0.2) is 4.98 Å². The van der Waals surface area contributed by atoms with Gasteiger partial charge in [-0.1, -0.05) is 12.1 Å². The van der Waals surface area contributed by atoms with Crippen LogP contribution in [0.3, 0.4) is 0 Å². The van der Waals surface area contributed by atoms with Crippen molar-refractivity contribution >= 4 is 11.8 Å². The number of aromatic nitrogens is 3. The third kappa shape index (κ3) is 5.15. The minimum atomic E-state index is -0.149. The monoisotopic (exact) mass is 365 g/mol. The van der Waals surface area contributed by atoms with Crippen molar-refractivity contribution in [2.75, 3.05) is 24.4 Å². The summed E-state index contributed by atoms with van der Waals surface area (Å²) < 4.78 is 5.27. The van der Waals surface area contributed by atoms with Gasteiger partial charge in [0.05, 0.1) is 19.4 Å². The van der Waals surface area contributed by atoms with Gasteiger partial charge in [0.15, 0.2) is 0 Å². The number of ether oxygens (including phenoxy) is 1. The third-order valence-corrected chi connectivity index (χ3v) is 3.96. The van der Waals surface area contributed by atoms with Crippen LogP contribution < -0.4 is 15.4 Å². The molecule has 0 fully saturated rings. The second kappa shape index (κ2) is 8.95. The Morgan fingerprint density at radius 3 is 2.67 bits per heavy atom. The molecule has 0 bridgehead atoms. The molecule has 0 radical (unpaired) electrons. The number of anilines is 2. The maximum absolute atomic E-state index is 9.30. The topological polar surface area (TPSA) is 92.2 Å². The molecule has 0 saturated carbocycles. The average Bonchev–Trinajstić information content (AvgIpc) is 2.72. The van der Waals surface area contributed by atoms with Gasteiger partial charge < -0.3 is 20.5 Å². The van der Waals surface area contributed by atoms with E-state index in [4.69, 9.17) is 4.74 Å². The molecule has 0 saturated heterocycles. The van der Waals surface area contributed by atoms with Crippen LogP contribution in [-0.4, -0.2) is 39.8 Å². The number of nitrogens with one attached hydrogen (secondary N) is 2. The molecule has 2 aromatic heterocycles. The summed E-state index contributed by atoms with van der Waals surface area (Å²) in [5.41, 5.74) is 2.79. The van der Waals surface area contributed by atoms with E-state index in [9.17, 15) is 5.11 Å². The van der Waals surface area contributed by atoms with Crippen LogP contribution in [0.1, 0.15) is 12.5 Å². The highest BCUT2D eigenvalue weighted by atomic mass is 16.5. The SMILES string of the molecule is COc1cccc(CNc2cc(-c3ccncc3)nc(N[C@@H](C)CO)n2)c1. The second-order valence-electron chi connectivity index (χ2n) is 6.13. The lowest BCUT2D eigenvalue weighted by Crippen LogP contribution is -2.21. The van der Waals surface area contributed by atoms with Crippen molar-refractivity contribution in [1.29, 1.82) is 0 Å². The number of rotatable bonds is 8. The molecule has 0 amide bonds. The molecule has 7 heteroatoms. The van der Waals surface area contributed by atoms with E-state index in [1.54, 1.807) is 19.5 Å².